The lowest BCUT2D eigenvalue weighted by molar-refractivity contribution is 0.0935. The van der Waals surface area contributed by atoms with Gasteiger partial charge in [-0.2, -0.15) is 5.10 Å². The van der Waals surface area contributed by atoms with Crippen molar-refractivity contribution in [1.29, 1.82) is 0 Å². The monoisotopic (exact) mass is 223 g/mol. The van der Waals surface area contributed by atoms with Crippen LogP contribution in [0, 0.1) is 0 Å². The number of rotatable bonds is 4. The molecule has 0 bridgehead atoms. The number of nitrogens with one attached hydrogen (secondary N) is 1. The van der Waals surface area contributed by atoms with Gasteiger partial charge in [-0.15, -0.1) is 0 Å². The number of carbonyl (C=O) groups is 1. The van der Waals surface area contributed by atoms with Gasteiger partial charge in [0.05, 0.1) is 0 Å². The van der Waals surface area contributed by atoms with Crippen molar-refractivity contribution in [3.8, 4) is 0 Å². The summed E-state index contributed by atoms with van der Waals surface area (Å²) in [6.07, 6.45) is 0.808. The zero-order valence-electron chi connectivity index (χ0n) is 9.86. The quantitative estimate of drug-likeness (QED) is 0.820. The van der Waals surface area contributed by atoms with Crippen LogP contribution in [-0.4, -0.2) is 21.7 Å². The topological polar surface area (TPSA) is 64.0 Å². The molecule has 1 amide bonds. The molecular formula is C11H17N3O2. The Bertz CT molecular complexity index is 423. The van der Waals surface area contributed by atoms with Crippen LogP contribution in [0.1, 0.15) is 37.7 Å². The average Bonchev–Trinajstić information content (AvgIpc) is 2.20. The lowest BCUT2D eigenvalue weighted by Gasteiger charge is -2.08. The minimum absolute atomic E-state index is 0.0563. The highest BCUT2D eigenvalue weighted by atomic mass is 16.2. The molecule has 5 nitrogen and oxygen atoms in total. The van der Waals surface area contributed by atoms with Gasteiger partial charge in [0.2, 0.25) is 0 Å². The van der Waals surface area contributed by atoms with Crippen molar-refractivity contribution < 1.29 is 4.79 Å². The summed E-state index contributed by atoms with van der Waals surface area (Å²) in [5.41, 5.74) is 0.102. The molecule has 0 spiro atoms. The van der Waals surface area contributed by atoms with Gasteiger partial charge in [-0.1, -0.05) is 6.92 Å². The molecule has 5 heteroatoms. The van der Waals surface area contributed by atoms with Gasteiger partial charge in [0.1, 0.15) is 5.69 Å². The van der Waals surface area contributed by atoms with E-state index in [2.05, 4.69) is 10.4 Å². The van der Waals surface area contributed by atoms with E-state index in [9.17, 15) is 9.59 Å². The summed E-state index contributed by atoms with van der Waals surface area (Å²) >= 11 is 0. The Balaban J connectivity index is 2.94. The second kappa shape index (κ2) is 5.44. The number of nitrogens with zero attached hydrogens (tertiary/aromatic N) is 2. The van der Waals surface area contributed by atoms with Crippen LogP contribution in [0.25, 0.3) is 0 Å². The molecule has 1 rings (SSSR count). The largest absolute Gasteiger partial charge is 0.348 e. The Labute approximate surface area is 94.5 Å². The number of aromatic nitrogens is 2. The summed E-state index contributed by atoms with van der Waals surface area (Å²) < 4.78 is 1.31. The van der Waals surface area contributed by atoms with Gasteiger partial charge in [-0.3, -0.25) is 9.59 Å². The van der Waals surface area contributed by atoms with E-state index < -0.39 is 0 Å². The van der Waals surface area contributed by atoms with Crippen molar-refractivity contribution in [3.05, 3.63) is 28.2 Å². The van der Waals surface area contributed by atoms with E-state index in [0.29, 0.717) is 6.54 Å². The third kappa shape index (κ3) is 3.18. The highest BCUT2D eigenvalue weighted by Gasteiger charge is 2.09. The molecule has 1 N–H and O–H groups in total. The van der Waals surface area contributed by atoms with E-state index in [0.717, 1.165) is 6.42 Å². The normalized spacial score (nSPS) is 10.5. The zero-order chi connectivity index (χ0) is 12.1. The number of hydrogen-bond donors (Lipinski definition) is 1. The van der Waals surface area contributed by atoms with Crippen molar-refractivity contribution in [2.24, 2.45) is 0 Å². The molecule has 0 saturated heterocycles. The van der Waals surface area contributed by atoms with Crippen LogP contribution in [0.2, 0.25) is 0 Å². The van der Waals surface area contributed by atoms with Gasteiger partial charge in [0.15, 0.2) is 0 Å². The molecule has 0 aliphatic carbocycles. The second-order valence-corrected chi connectivity index (χ2v) is 3.91. The third-order valence-corrected chi connectivity index (χ3v) is 1.95. The van der Waals surface area contributed by atoms with Crippen molar-refractivity contribution in [2.75, 3.05) is 0 Å². The molecule has 1 aromatic heterocycles. The van der Waals surface area contributed by atoms with Crippen LogP contribution < -0.4 is 10.9 Å². The minimum atomic E-state index is -0.250. The Morgan fingerprint density at radius 1 is 1.50 bits per heavy atom. The van der Waals surface area contributed by atoms with Crippen LogP contribution in [0.15, 0.2) is 16.9 Å². The van der Waals surface area contributed by atoms with E-state index >= 15 is 0 Å². The first-order valence-corrected chi connectivity index (χ1v) is 5.43. The number of aryl methyl sites for hydroxylation is 1. The van der Waals surface area contributed by atoms with E-state index in [4.69, 9.17) is 0 Å². The van der Waals surface area contributed by atoms with Crippen LogP contribution in [0.3, 0.4) is 0 Å². The Hall–Kier alpha value is -1.65. The predicted molar refractivity (Wildman–Crippen MR) is 61.4 cm³/mol. The summed E-state index contributed by atoms with van der Waals surface area (Å²) in [6, 6.07) is 2.88. The molecule has 1 aromatic rings. The van der Waals surface area contributed by atoms with Gasteiger partial charge in [0.25, 0.3) is 11.5 Å². The average molecular weight is 223 g/mol. The predicted octanol–water partition coefficient (Wildman–Crippen LogP) is 0.792. The standard InChI is InChI=1S/C11H17N3O2/c1-4-7-14-10(15)6-5-9(13-14)11(16)12-8(2)3/h5-6,8H,4,7H2,1-3H3,(H,12,16). The Kier molecular flexibility index (Phi) is 4.22. The number of amides is 1. The van der Waals surface area contributed by atoms with Gasteiger partial charge in [0, 0.05) is 18.7 Å². The van der Waals surface area contributed by atoms with Crippen LogP contribution >= 0.6 is 0 Å². The summed E-state index contributed by atoms with van der Waals surface area (Å²) in [4.78, 5) is 23.0. The summed E-state index contributed by atoms with van der Waals surface area (Å²) in [5.74, 6) is -0.250. The van der Waals surface area contributed by atoms with Crippen LogP contribution in [0.5, 0.6) is 0 Å². The fraction of sp³-hybridized carbons (Fsp3) is 0.545. The van der Waals surface area contributed by atoms with E-state index in [-0.39, 0.29) is 23.2 Å². The maximum Gasteiger partial charge on any atom is 0.271 e. The van der Waals surface area contributed by atoms with Crippen molar-refractivity contribution in [2.45, 2.75) is 39.8 Å². The van der Waals surface area contributed by atoms with Crippen molar-refractivity contribution >= 4 is 5.91 Å². The first-order chi connectivity index (χ1) is 7.54. The molecule has 0 aliphatic rings. The maximum atomic E-state index is 11.6. The van der Waals surface area contributed by atoms with Crippen LogP contribution in [0.4, 0.5) is 0 Å². The molecule has 0 radical (unpaired) electrons. The zero-order valence-corrected chi connectivity index (χ0v) is 9.86. The number of carbonyl (C=O) groups excluding carboxylic acids is 1. The SMILES string of the molecule is CCCn1nc(C(=O)NC(C)C)ccc1=O. The Morgan fingerprint density at radius 2 is 2.19 bits per heavy atom. The first kappa shape index (κ1) is 12.4. The lowest BCUT2D eigenvalue weighted by atomic mass is 10.3. The molecule has 0 fully saturated rings. The Morgan fingerprint density at radius 3 is 2.75 bits per heavy atom. The third-order valence-electron chi connectivity index (χ3n) is 1.95. The van der Waals surface area contributed by atoms with Crippen LogP contribution in [-0.2, 0) is 6.54 Å². The summed E-state index contributed by atoms with van der Waals surface area (Å²) in [5, 5.41) is 6.74. The van der Waals surface area contributed by atoms with Crippen molar-refractivity contribution in [3.63, 3.8) is 0 Å². The molecule has 1 heterocycles. The highest BCUT2D eigenvalue weighted by Crippen LogP contribution is 1.93. The fourth-order valence-corrected chi connectivity index (χ4v) is 1.28. The van der Waals surface area contributed by atoms with Gasteiger partial charge >= 0.3 is 0 Å². The second-order valence-electron chi connectivity index (χ2n) is 3.91. The molecule has 16 heavy (non-hydrogen) atoms. The molecule has 0 atom stereocenters. The molecule has 0 saturated carbocycles. The maximum absolute atomic E-state index is 11.6. The number of hydrogen-bond acceptors (Lipinski definition) is 3. The van der Waals surface area contributed by atoms with E-state index in [1.165, 1.54) is 16.8 Å². The summed E-state index contributed by atoms with van der Waals surface area (Å²) in [6.45, 7) is 6.23. The highest BCUT2D eigenvalue weighted by molar-refractivity contribution is 5.92. The molecule has 88 valence electrons. The molecule has 0 aliphatic heterocycles. The van der Waals surface area contributed by atoms with Crippen molar-refractivity contribution in [1.82, 2.24) is 15.1 Å². The lowest BCUT2D eigenvalue weighted by Crippen LogP contribution is -2.33. The smallest absolute Gasteiger partial charge is 0.271 e. The van der Waals surface area contributed by atoms with Gasteiger partial charge in [-0.05, 0) is 26.3 Å². The first-order valence-electron chi connectivity index (χ1n) is 5.43. The van der Waals surface area contributed by atoms with Gasteiger partial charge in [-0.25, -0.2) is 4.68 Å². The van der Waals surface area contributed by atoms with E-state index in [1.54, 1.807) is 0 Å². The molecule has 0 aromatic carbocycles. The summed E-state index contributed by atoms with van der Waals surface area (Å²) in [7, 11) is 0. The van der Waals surface area contributed by atoms with E-state index in [1.807, 2.05) is 20.8 Å². The van der Waals surface area contributed by atoms with Gasteiger partial charge < -0.3 is 5.32 Å². The fourth-order valence-electron chi connectivity index (χ4n) is 1.28. The molecule has 0 unspecified atom stereocenters. The minimum Gasteiger partial charge on any atom is -0.348 e. The molecular weight excluding hydrogens is 206 g/mol.